The molecule has 0 aromatic carbocycles. The molecule has 8 nitrogen and oxygen atoms in total. The lowest BCUT2D eigenvalue weighted by Crippen LogP contribution is -2.36. The fourth-order valence-electron chi connectivity index (χ4n) is 3.60. The zero-order valence-electron chi connectivity index (χ0n) is 16.0. The zero-order chi connectivity index (χ0) is 19.7. The van der Waals surface area contributed by atoms with Gasteiger partial charge in [0.2, 0.25) is 5.91 Å². The second-order valence-corrected chi connectivity index (χ2v) is 7.23. The van der Waals surface area contributed by atoms with E-state index >= 15 is 0 Å². The predicted octanol–water partition coefficient (Wildman–Crippen LogP) is 2.25. The van der Waals surface area contributed by atoms with Crippen molar-refractivity contribution in [2.45, 2.75) is 45.7 Å². The molecule has 1 fully saturated rings. The Labute approximate surface area is 162 Å². The molecule has 1 unspecified atom stereocenters. The molecule has 4 rings (SSSR count). The Hall–Kier alpha value is -3.16. The molecule has 1 N–H and O–H groups in total. The number of carbonyl (C=O) groups is 2. The number of hydrogen-bond donors (Lipinski definition) is 1. The van der Waals surface area contributed by atoms with E-state index < -0.39 is 0 Å². The number of pyridine rings is 1. The van der Waals surface area contributed by atoms with Gasteiger partial charge in [0.05, 0.1) is 17.8 Å². The van der Waals surface area contributed by atoms with Gasteiger partial charge in [-0.25, -0.2) is 4.52 Å². The number of rotatable bonds is 4. The van der Waals surface area contributed by atoms with Crippen molar-refractivity contribution in [1.29, 1.82) is 0 Å². The Bertz CT molecular complexity index is 1000. The lowest BCUT2D eigenvalue weighted by Gasteiger charge is -2.21. The van der Waals surface area contributed by atoms with Crippen molar-refractivity contribution in [3.63, 3.8) is 0 Å². The highest BCUT2D eigenvalue weighted by atomic mass is 16.5. The number of nitrogens with one attached hydrogen (secondary N) is 1. The van der Waals surface area contributed by atoms with Crippen molar-refractivity contribution in [2.75, 3.05) is 6.54 Å². The van der Waals surface area contributed by atoms with E-state index in [0.29, 0.717) is 31.5 Å². The van der Waals surface area contributed by atoms with Gasteiger partial charge in [-0.2, -0.15) is 5.10 Å². The summed E-state index contributed by atoms with van der Waals surface area (Å²) in [7, 11) is 0. The molecule has 8 heteroatoms. The molecular formula is C20H23N5O3. The molecular weight excluding hydrogens is 358 g/mol. The van der Waals surface area contributed by atoms with Crippen LogP contribution in [0.15, 0.2) is 35.1 Å². The van der Waals surface area contributed by atoms with E-state index in [1.165, 1.54) is 0 Å². The number of fused-ring (bicyclic) bond motifs is 1. The molecule has 1 aliphatic heterocycles. The van der Waals surface area contributed by atoms with E-state index in [1.807, 2.05) is 30.9 Å². The van der Waals surface area contributed by atoms with Gasteiger partial charge in [0.15, 0.2) is 0 Å². The normalized spacial score (nSPS) is 17.7. The Morgan fingerprint density at radius 2 is 2.18 bits per heavy atom. The number of likely N-dealkylation sites (tertiary alicyclic amines) is 1. The van der Waals surface area contributed by atoms with Gasteiger partial charge < -0.3 is 14.7 Å². The van der Waals surface area contributed by atoms with Gasteiger partial charge in [-0.15, -0.1) is 0 Å². The molecule has 0 radical (unpaired) electrons. The average molecular weight is 381 g/mol. The minimum atomic E-state index is -0.125. The third-order valence-corrected chi connectivity index (χ3v) is 5.33. The van der Waals surface area contributed by atoms with Gasteiger partial charge in [-0.1, -0.05) is 5.16 Å². The van der Waals surface area contributed by atoms with Crippen molar-refractivity contribution >= 4 is 17.3 Å². The summed E-state index contributed by atoms with van der Waals surface area (Å²) in [6.45, 7) is 4.83. The van der Waals surface area contributed by atoms with Gasteiger partial charge in [0, 0.05) is 42.5 Å². The molecule has 0 saturated carbocycles. The maximum atomic E-state index is 12.6. The fourth-order valence-corrected chi connectivity index (χ4v) is 3.60. The number of carbonyl (C=O) groups excluding carboxylic acids is 2. The van der Waals surface area contributed by atoms with Gasteiger partial charge in [-0.3, -0.25) is 9.59 Å². The number of amides is 2. The number of aromatic nitrogens is 3. The number of nitrogens with zero attached hydrogens (tertiary/aromatic N) is 4. The van der Waals surface area contributed by atoms with E-state index in [0.717, 1.165) is 29.0 Å². The minimum Gasteiger partial charge on any atom is -0.361 e. The van der Waals surface area contributed by atoms with Crippen LogP contribution in [0.2, 0.25) is 0 Å². The molecule has 3 aromatic rings. The summed E-state index contributed by atoms with van der Waals surface area (Å²) in [5.74, 6) is 0.715. The number of aryl methyl sites for hydroxylation is 2. The smallest absolute Gasteiger partial charge is 0.251 e. The third-order valence-electron chi connectivity index (χ3n) is 5.33. The molecule has 0 aliphatic carbocycles. The van der Waals surface area contributed by atoms with E-state index in [2.05, 4.69) is 15.6 Å². The maximum absolute atomic E-state index is 12.6. The zero-order valence-corrected chi connectivity index (χ0v) is 16.0. The van der Waals surface area contributed by atoms with Crippen LogP contribution in [0.3, 0.4) is 0 Å². The summed E-state index contributed by atoms with van der Waals surface area (Å²) in [4.78, 5) is 27.0. The van der Waals surface area contributed by atoms with Crippen LogP contribution in [0.25, 0.3) is 5.52 Å². The van der Waals surface area contributed by atoms with Crippen LogP contribution in [0.1, 0.15) is 46.6 Å². The summed E-state index contributed by atoms with van der Waals surface area (Å²) in [6, 6.07) is 5.38. The fraction of sp³-hybridized carbons (Fsp3) is 0.400. The Morgan fingerprint density at radius 3 is 2.96 bits per heavy atom. The second-order valence-electron chi connectivity index (χ2n) is 7.23. The monoisotopic (exact) mass is 381 g/mol. The molecule has 1 atom stereocenters. The molecule has 0 spiro atoms. The van der Waals surface area contributed by atoms with E-state index in [4.69, 9.17) is 4.52 Å². The molecule has 4 heterocycles. The largest absolute Gasteiger partial charge is 0.361 e. The Balaban J connectivity index is 1.40. The first-order valence-electron chi connectivity index (χ1n) is 9.45. The van der Waals surface area contributed by atoms with Crippen molar-refractivity contribution in [3.8, 4) is 0 Å². The summed E-state index contributed by atoms with van der Waals surface area (Å²) in [5.41, 5.74) is 3.24. The van der Waals surface area contributed by atoms with Gasteiger partial charge in [0.25, 0.3) is 5.91 Å². The Morgan fingerprint density at radius 1 is 1.32 bits per heavy atom. The minimum absolute atomic E-state index is 0.0349. The topological polar surface area (TPSA) is 92.7 Å². The molecule has 146 valence electrons. The van der Waals surface area contributed by atoms with Crippen LogP contribution < -0.4 is 5.32 Å². The third kappa shape index (κ3) is 3.62. The summed E-state index contributed by atoms with van der Waals surface area (Å²) < 4.78 is 6.92. The first-order chi connectivity index (χ1) is 13.5. The predicted molar refractivity (Wildman–Crippen MR) is 102 cm³/mol. The molecule has 1 saturated heterocycles. The van der Waals surface area contributed by atoms with Crippen LogP contribution in [0.4, 0.5) is 0 Å². The highest BCUT2D eigenvalue weighted by Crippen LogP contribution is 2.20. The SMILES string of the molecule is Cc1noc(C)c1CN1CCC(NC(=O)c2ccn3nccc3c2)CCC1=O. The van der Waals surface area contributed by atoms with Crippen LogP contribution in [-0.2, 0) is 11.3 Å². The second kappa shape index (κ2) is 7.46. The summed E-state index contributed by atoms with van der Waals surface area (Å²) >= 11 is 0. The van der Waals surface area contributed by atoms with Crippen molar-refractivity contribution < 1.29 is 14.1 Å². The van der Waals surface area contributed by atoms with Crippen LogP contribution in [-0.4, -0.2) is 44.1 Å². The van der Waals surface area contributed by atoms with Crippen LogP contribution >= 0.6 is 0 Å². The van der Waals surface area contributed by atoms with Gasteiger partial charge in [-0.05, 0) is 44.9 Å². The molecule has 1 aliphatic rings. The first-order valence-corrected chi connectivity index (χ1v) is 9.45. The number of hydrogen-bond acceptors (Lipinski definition) is 5. The quantitative estimate of drug-likeness (QED) is 0.748. The van der Waals surface area contributed by atoms with E-state index in [9.17, 15) is 9.59 Å². The highest BCUT2D eigenvalue weighted by Gasteiger charge is 2.25. The van der Waals surface area contributed by atoms with Crippen molar-refractivity contribution in [3.05, 3.63) is 53.2 Å². The van der Waals surface area contributed by atoms with E-state index in [-0.39, 0.29) is 17.9 Å². The van der Waals surface area contributed by atoms with E-state index in [1.54, 1.807) is 23.0 Å². The van der Waals surface area contributed by atoms with Gasteiger partial charge in [0.1, 0.15) is 5.76 Å². The van der Waals surface area contributed by atoms with Crippen molar-refractivity contribution in [1.82, 2.24) is 25.0 Å². The standard InChI is InChI=1S/C20H23N5O3/c1-13-18(14(2)28-23-13)12-24-9-7-16(3-4-19(24)26)22-20(27)15-6-10-25-17(11-15)5-8-21-25/h5-6,8,10-11,16H,3-4,7,9,12H2,1-2H3,(H,22,27). The maximum Gasteiger partial charge on any atom is 0.251 e. The van der Waals surface area contributed by atoms with Gasteiger partial charge >= 0.3 is 0 Å². The van der Waals surface area contributed by atoms with Crippen LogP contribution in [0.5, 0.6) is 0 Å². The highest BCUT2D eigenvalue weighted by molar-refractivity contribution is 5.95. The molecule has 2 amide bonds. The van der Waals surface area contributed by atoms with Crippen molar-refractivity contribution in [2.24, 2.45) is 0 Å². The summed E-state index contributed by atoms with van der Waals surface area (Å²) in [6.07, 6.45) is 5.23. The summed E-state index contributed by atoms with van der Waals surface area (Å²) in [5, 5.41) is 11.2. The first kappa shape index (κ1) is 18.2. The molecule has 28 heavy (non-hydrogen) atoms. The lowest BCUT2D eigenvalue weighted by molar-refractivity contribution is -0.131. The Kier molecular flexibility index (Phi) is 4.85. The molecule has 0 bridgehead atoms. The molecule has 3 aromatic heterocycles. The lowest BCUT2D eigenvalue weighted by atomic mass is 10.1. The average Bonchev–Trinajstić information content (AvgIpc) is 3.23. The van der Waals surface area contributed by atoms with Crippen LogP contribution in [0, 0.1) is 13.8 Å².